The Kier molecular flexibility index (Phi) is 7.30. The number of aromatic nitrogens is 1. The van der Waals surface area contributed by atoms with Crippen molar-refractivity contribution in [3.05, 3.63) is 76.2 Å². The van der Waals surface area contributed by atoms with Gasteiger partial charge in [-0.2, -0.15) is 19.3 Å². The van der Waals surface area contributed by atoms with Gasteiger partial charge in [-0.25, -0.2) is 5.01 Å². The zero-order valence-electron chi connectivity index (χ0n) is 22.7. The number of nitrogens with one attached hydrogen (secondary N) is 4. The van der Waals surface area contributed by atoms with E-state index in [0.717, 1.165) is 6.20 Å². The van der Waals surface area contributed by atoms with Gasteiger partial charge in [0.05, 0.1) is 46.5 Å². The molecule has 1 aliphatic rings. The van der Waals surface area contributed by atoms with Gasteiger partial charge in [0.1, 0.15) is 6.07 Å². The van der Waals surface area contributed by atoms with Crippen LogP contribution in [-0.2, 0) is 4.79 Å². The summed E-state index contributed by atoms with van der Waals surface area (Å²) in [6, 6.07) is 7.14. The number of primary amides is 1. The van der Waals surface area contributed by atoms with Crippen LogP contribution in [0.1, 0.15) is 44.9 Å². The highest BCUT2D eigenvalue weighted by Crippen LogP contribution is 2.36. The predicted octanol–water partition coefficient (Wildman–Crippen LogP) is 4.49. The molecule has 1 atom stereocenters. The number of amides is 1. The first-order valence-electron chi connectivity index (χ1n) is 12.5. The molecule has 10 nitrogen and oxygen atoms in total. The smallest absolute Gasteiger partial charge is 0.383 e. The van der Waals surface area contributed by atoms with Crippen LogP contribution in [0.25, 0.3) is 10.9 Å². The van der Waals surface area contributed by atoms with Crippen molar-refractivity contribution in [2.75, 3.05) is 17.2 Å². The number of carbonyl (C=O) groups is 1. The highest BCUT2D eigenvalue weighted by molar-refractivity contribution is 6.35. The lowest BCUT2D eigenvalue weighted by Gasteiger charge is -2.23. The lowest BCUT2D eigenvalue weighted by molar-refractivity contribution is -0.174. The molecule has 0 saturated heterocycles. The number of anilines is 2. The Hall–Kier alpha value is -4.65. The third-order valence-electron chi connectivity index (χ3n) is 5.83. The number of alkyl halides is 2. The average Bonchev–Trinajstić information content (AvgIpc) is 3.43. The summed E-state index contributed by atoms with van der Waals surface area (Å²) in [7, 11) is 0. The summed E-state index contributed by atoms with van der Waals surface area (Å²) in [6.07, 6.45) is 2.25. The van der Waals surface area contributed by atoms with Crippen molar-refractivity contribution in [1.29, 1.82) is 10.5 Å². The molecular formula is C27H26ClF2N9O. The first kappa shape index (κ1) is 26.9. The van der Waals surface area contributed by atoms with Crippen molar-refractivity contribution in [2.45, 2.75) is 32.8 Å². The molecule has 0 aliphatic carbocycles. The molecule has 206 valence electrons. The number of hydrazine groups is 2. The summed E-state index contributed by atoms with van der Waals surface area (Å²) in [5.74, 6) is -1.91. The van der Waals surface area contributed by atoms with E-state index in [1.54, 1.807) is 12.1 Å². The quantitative estimate of drug-likeness (QED) is 0.248. The second kappa shape index (κ2) is 10.8. The SMILES string of the molecule is [2H][C@](Nc1cc(Cl)c2ncc(C#N)c(NCC(C)(C)C)c2c1)(C1=CN(C(F)(F)C(N)=O)NN1)c1cccc(C#N)c1. The number of nitrogens with two attached hydrogens (primary N) is 1. The Balaban J connectivity index is 1.87. The molecule has 3 aromatic rings. The van der Waals surface area contributed by atoms with Gasteiger partial charge in [-0.05, 0) is 35.2 Å². The molecule has 1 aromatic heterocycles. The van der Waals surface area contributed by atoms with Crippen LogP contribution in [0.15, 0.2) is 54.5 Å². The molecular weight excluding hydrogens is 540 g/mol. The second-order valence-corrected chi connectivity index (χ2v) is 10.6. The van der Waals surface area contributed by atoms with Crippen LogP contribution < -0.4 is 27.3 Å². The van der Waals surface area contributed by atoms with Crippen molar-refractivity contribution in [3.63, 3.8) is 0 Å². The van der Waals surface area contributed by atoms with Crippen molar-refractivity contribution in [1.82, 2.24) is 21.0 Å². The van der Waals surface area contributed by atoms with E-state index >= 15 is 0 Å². The minimum absolute atomic E-state index is 0.128. The van der Waals surface area contributed by atoms with Crippen LogP contribution in [0.5, 0.6) is 0 Å². The van der Waals surface area contributed by atoms with E-state index in [1.807, 2.05) is 26.8 Å². The van der Waals surface area contributed by atoms with Gasteiger partial charge in [-0.1, -0.05) is 44.5 Å². The van der Waals surface area contributed by atoms with Crippen LogP contribution in [0.2, 0.25) is 5.02 Å². The van der Waals surface area contributed by atoms with Crippen molar-refractivity contribution >= 4 is 39.8 Å². The summed E-state index contributed by atoms with van der Waals surface area (Å²) in [5.41, 5.74) is 11.1. The number of pyridine rings is 1. The molecule has 0 fully saturated rings. The maximum Gasteiger partial charge on any atom is 0.418 e. The number of halogens is 3. The molecule has 0 unspecified atom stereocenters. The van der Waals surface area contributed by atoms with Gasteiger partial charge in [0.2, 0.25) is 0 Å². The molecule has 40 heavy (non-hydrogen) atoms. The Morgan fingerprint density at radius 3 is 2.67 bits per heavy atom. The normalized spacial score (nSPS) is 15.2. The number of hydrogen-bond donors (Lipinski definition) is 5. The summed E-state index contributed by atoms with van der Waals surface area (Å²) in [5, 5.41) is 26.3. The van der Waals surface area contributed by atoms with Crippen LogP contribution in [0.3, 0.4) is 0 Å². The summed E-state index contributed by atoms with van der Waals surface area (Å²) in [4.78, 5) is 15.7. The molecule has 0 saturated carbocycles. The Bertz CT molecular complexity index is 1640. The zero-order chi connectivity index (χ0) is 30.2. The lowest BCUT2D eigenvalue weighted by atomic mass is 9.96. The van der Waals surface area contributed by atoms with Crippen molar-refractivity contribution < 1.29 is 14.9 Å². The molecule has 4 rings (SSSR count). The van der Waals surface area contributed by atoms with E-state index in [1.165, 1.54) is 30.5 Å². The number of nitriles is 2. The van der Waals surface area contributed by atoms with Crippen molar-refractivity contribution in [2.24, 2.45) is 11.1 Å². The predicted molar refractivity (Wildman–Crippen MR) is 147 cm³/mol. The number of hydrogen-bond acceptors (Lipinski definition) is 9. The van der Waals surface area contributed by atoms with Gasteiger partial charge in [-0.3, -0.25) is 9.78 Å². The fourth-order valence-electron chi connectivity index (χ4n) is 3.86. The molecule has 2 aromatic carbocycles. The molecule has 6 N–H and O–H groups in total. The van der Waals surface area contributed by atoms with E-state index in [-0.39, 0.29) is 43.5 Å². The minimum Gasteiger partial charge on any atom is -0.383 e. The first-order valence-corrected chi connectivity index (χ1v) is 12.3. The first-order chi connectivity index (χ1) is 19.2. The van der Waals surface area contributed by atoms with Gasteiger partial charge in [0, 0.05) is 30.0 Å². The van der Waals surface area contributed by atoms with Gasteiger partial charge < -0.3 is 21.8 Å². The second-order valence-electron chi connectivity index (χ2n) is 10.2. The summed E-state index contributed by atoms with van der Waals surface area (Å²) in [6.45, 7) is 6.60. The van der Waals surface area contributed by atoms with Crippen molar-refractivity contribution in [3.8, 4) is 12.1 Å². The highest BCUT2D eigenvalue weighted by atomic mass is 35.5. The molecule has 2 heterocycles. The minimum atomic E-state index is -4.12. The number of fused-ring (bicyclic) bond motifs is 1. The summed E-state index contributed by atoms with van der Waals surface area (Å²) >= 11 is 6.60. The monoisotopic (exact) mass is 566 g/mol. The van der Waals surface area contributed by atoms with Gasteiger partial charge in [0.15, 0.2) is 0 Å². The molecule has 13 heteroatoms. The number of nitrogens with zero attached hydrogens (tertiary/aromatic N) is 4. The van der Waals surface area contributed by atoms with Crippen LogP contribution in [0, 0.1) is 28.1 Å². The van der Waals surface area contributed by atoms with E-state index < -0.39 is 18.0 Å². The Morgan fingerprint density at radius 1 is 1.27 bits per heavy atom. The third kappa shape index (κ3) is 5.83. The highest BCUT2D eigenvalue weighted by Gasteiger charge is 2.45. The van der Waals surface area contributed by atoms with E-state index in [4.69, 9.17) is 17.3 Å². The topological polar surface area (TPSA) is 155 Å². The standard InChI is InChI=1S/C27H26ClF2N9O/c1-26(2,3)14-35-22-17(11-32)12-34-24-19(22)8-18(9-20(24)28)36-23(16-6-4-5-15(7-16)10-31)21-13-39(38-37-21)27(29,30)25(33)40/h4-9,12-13,23,36-38H,14H2,1-3H3,(H2,33,40)(H,34,35)/t23-/m1/s1/i23D. The number of rotatable bonds is 8. The third-order valence-corrected chi connectivity index (χ3v) is 6.12. The van der Waals surface area contributed by atoms with E-state index in [2.05, 4.69) is 32.6 Å². The maximum atomic E-state index is 14.4. The lowest BCUT2D eigenvalue weighted by Crippen LogP contribution is -2.54. The average molecular weight is 567 g/mol. The molecule has 1 aliphatic heterocycles. The van der Waals surface area contributed by atoms with E-state index in [0.29, 0.717) is 23.1 Å². The summed E-state index contributed by atoms with van der Waals surface area (Å²) < 4.78 is 38.2. The van der Waals surface area contributed by atoms with E-state index in [9.17, 15) is 25.5 Å². The van der Waals surface area contributed by atoms with Crippen LogP contribution in [-0.4, -0.2) is 28.5 Å². The zero-order valence-corrected chi connectivity index (χ0v) is 22.5. The van der Waals surface area contributed by atoms with Crippen LogP contribution >= 0.6 is 11.6 Å². The Morgan fingerprint density at radius 2 is 2.02 bits per heavy atom. The largest absolute Gasteiger partial charge is 0.418 e. The van der Waals surface area contributed by atoms with Crippen LogP contribution in [0.4, 0.5) is 20.2 Å². The maximum absolute atomic E-state index is 14.4. The Labute approximate surface area is 235 Å². The number of carbonyl (C=O) groups excluding carboxylic acids is 1. The fraction of sp³-hybridized carbons (Fsp3) is 0.259. The molecule has 0 bridgehead atoms. The van der Waals surface area contributed by atoms with Gasteiger partial charge in [-0.15, -0.1) is 5.53 Å². The molecule has 0 spiro atoms. The van der Waals surface area contributed by atoms with Gasteiger partial charge in [0.25, 0.3) is 0 Å². The van der Waals surface area contributed by atoms with Gasteiger partial charge >= 0.3 is 12.0 Å². The fourth-order valence-corrected chi connectivity index (χ4v) is 4.12. The number of benzene rings is 2. The molecule has 0 radical (unpaired) electrons. The molecule has 1 amide bonds.